The number of nitrogens with one attached hydrogen (secondary N) is 2. The first-order valence-electron chi connectivity index (χ1n) is 6.87. The van der Waals surface area contributed by atoms with Gasteiger partial charge in [-0.15, -0.1) is 0 Å². The van der Waals surface area contributed by atoms with Gasteiger partial charge in [-0.05, 0) is 36.6 Å². The molecule has 0 aliphatic carbocycles. The number of fused-ring (bicyclic) bond motifs is 1. The van der Waals surface area contributed by atoms with Crippen molar-refractivity contribution < 1.29 is 18.0 Å². The first-order chi connectivity index (χ1) is 9.93. The number of hydrogen-bond acceptors (Lipinski definition) is 4. The second kappa shape index (κ2) is 5.14. The lowest BCUT2D eigenvalue weighted by molar-refractivity contribution is -0.116. The van der Waals surface area contributed by atoms with Crippen molar-refractivity contribution in [3.8, 4) is 0 Å². The first-order valence-corrected chi connectivity index (χ1v) is 8.69. The first kappa shape index (κ1) is 14.1. The molecule has 112 valence electrons. The molecule has 21 heavy (non-hydrogen) atoms. The van der Waals surface area contributed by atoms with Gasteiger partial charge in [-0.2, -0.15) is 0 Å². The van der Waals surface area contributed by atoms with Crippen LogP contribution in [0.5, 0.6) is 0 Å². The van der Waals surface area contributed by atoms with Gasteiger partial charge < -0.3 is 10.6 Å². The number of hydrogen-bond donors (Lipinski definition) is 2. The fourth-order valence-electron chi connectivity index (χ4n) is 2.70. The Balaban J connectivity index is 1.72. The third-order valence-electron chi connectivity index (χ3n) is 3.83. The largest absolute Gasteiger partial charge is 0.348 e. The summed E-state index contributed by atoms with van der Waals surface area (Å²) in [6.07, 6.45) is 1.49. The molecule has 0 radical (unpaired) electrons. The summed E-state index contributed by atoms with van der Waals surface area (Å²) in [6.45, 7) is 0. The van der Waals surface area contributed by atoms with Gasteiger partial charge >= 0.3 is 0 Å². The fourth-order valence-corrected chi connectivity index (χ4v) is 4.38. The summed E-state index contributed by atoms with van der Waals surface area (Å²) in [4.78, 5) is 23.5. The minimum Gasteiger partial charge on any atom is -0.348 e. The molecule has 0 bridgehead atoms. The minimum absolute atomic E-state index is 0.0136. The number of anilines is 1. The fraction of sp³-hybridized carbons (Fsp3) is 0.429. The lowest BCUT2D eigenvalue weighted by Crippen LogP contribution is -2.35. The highest BCUT2D eigenvalue weighted by molar-refractivity contribution is 7.91. The molecule has 2 amide bonds. The third kappa shape index (κ3) is 3.07. The van der Waals surface area contributed by atoms with E-state index in [0.29, 0.717) is 24.8 Å². The van der Waals surface area contributed by atoms with Crippen molar-refractivity contribution >= 4 is 27.3 Å². The standard InChI is InChI=1S/C14H16N2O4S/c17-13-4-2-9-7-10(1-3-12(9)16-13)14(18)15-11-5-6-21(19,20)8-11/h1,3,7,11H,2,4-6,8H2,(H,15,18)(H,16,17)/t11-/m1/s1. The Kier molecular flexibility index (Phi) is 3.44. The SMILES string of the molecule is O=C1CCc2cc(C(=O)N[C@@H]3CCS(=O)(=O)C3)ccc2N1. The van der Waals surface area contributed by atoms with E-state index in [9.17, 15) is 18.0 Å². The van der Waals surface area contributed by atoms with Crippen molar-refractivity contribution in [1.82, 2.24) is 5.32 Å². The Hall–Kier alpha value is -1.89. The zero-order valence-electron chi connectivity index (χ0n) is 11.4. The molecule has 0 saturated carbocycles. The van der Waals surface area contributed by atoms with Crippen molar-refractivity contribution in [3.63, 3.8) is 0 Å². The Morgan fingerprint density at radius 3 is 2.81 bits per heavy atom. The zero-order chi connectivity index (χ0) is 15.0. The van der Waals surface area contributed by atoms with Crippen LogP contribution in [0.4, 0.5) is 5.69 Å². The number of carbonyl (C=O) groups excluding carboxylic acids is 2. The van der Waals surface area contributed by atoms with Crippen LogP contribution in [0.25, 0.3) is 0 Å². The van der Waals surface area contributed by atoms with Crippen molar-refractivity contribution in [2.45, 2.75) is 25.3 Å². The van der Waals surface area contributed by atoms with Crippen molar-refractivity contribution in [1.29, 1.82) is 0 Å². The molecule has 6 nitrogen and oxygen atoms in total. The molecule has 3 rings (SSSR count). The van der Waals surface area contributed by atoms with Crippen molar-refractivity contribution in [2.24, 2.45) is 0 Å². The predicted molar refractivity (Wildman–Crippen MR) is 77.9 cm³/mol. The lowest BCUT2D eigenvalue weighted by Gasteiger charge is -2.18. The summed E-state index contributed by atoms with van der Waals surface area (Å²) in [5.74, 6) is -0.138. The maximum absolute atomic E-state index is 12.2. The Morgan fingerprint density at radius 2 is 2.10 bits per heavy atom. The minimum atomic E-state index is -3.01. The smallest absolute Gasteiger partial charge is 0.251 e. The van der Waals surface area contributed by atoms with E-state index in [4.69, 9.17) is 0 Å². The molecule has 2 heterocycles. The quantitative estimate of drug-likeness (QED) is 0.831. The van der Waals surface area contributed by atoms with E-state index in [1.807, 2.05) is 0 Å². The van der Waals surface area contributed by atoms with Gasteiger partial charge in [-0.1, -0.05) is 0 Å². The maximum atomic E-state index is 12.2. The van der Waals surface area contributed by atoms with Crippen LogP contribution in [-0.2, 0) is 21.1 Å². The van der Waals surface area contributed by atoms with Gasteiger partial charge in [0.2, 0.25) is 5.91 Å². The van der Waals surface area contributed by atoms with E-state index < -0.39 is 9.84 Å². The average molecular weight is 308 g/mol. The molecule has 0 spiro atoms. The van der Waals surface area contributed by atoms with E-state index in [-0.39, 0.29) is 29.4 Å². The molecule has 2 N–H and O–H groups in total. The van der Waals surface area contributed by atoms with Gasteiger partial charge in [0, 0.05) is 23.7 Å². The highest BCUT2D eigenvalue weighted by atomic mass is 32.2. The topological polar surface area (TPSA) is 92.3 Å². The summed E-state index contributed by atoms with van der Waals surface area (Å²) in [5.41, 5.74) is 2.17. The molecule has 2 aliphatic rings. The zero-order valence-corrected chi connectivity index (χ0v) is 12.2. The molecular formula is C14H16N2O4S. The van der Waals surface area contributed by atoms with Crippen LogP contribution in [0.1, 0.15) is 28.8 Å². The molecule has 1 aromatic carbocycles. The normalized spacial score (nSPS) is 23.2. The molecule has 7 heteroatoms. The summed E-state index contributed by atoms with van der Waals surface area (Å²) in [6, 6.07) is 4.81. The van der Waals surface area contributed by atoms with Crippen LogP contribution < -0.4 is 10.6 Å². The van der Waals surface area contributed by atoms with E-state index in [0.717, 1.165) is 11.3 Å². The lowest BCUT2D eigenvalue weighted by atomic mass is 10.00. The molecule has 1 saturated heterocycles. The maximum Gasteiger partial charge on any atom is 0.251 e. The number of rotatable bonds is 2. The molecule has 1 fully saturated rings. The van der Waals surface area contributed by atoms with Crippen molar-refractivity contribution in [2.75, 3.05) is 16.8 Å². The average Bonchev–Trinajstić information content (AvgIpc) is 2.77. The number of amides is 2. The molecule has 0 unspecified atom stereocenters. The summed E-state index contributed by atoms with van der Waals surface area (Å²) >= 11 is 0. The molecular weight excluding hydrogens is 292 g/mol. The second-order valence-corrected chi connectivity index (χ2v) is 7.72. The van der Waals surface area contributed by atoms with E-state index in [2.05, 4.69) is 10.6 Å². The van der Waals surface area contributed by atoms with Crippen LogP contribution in [0, 0.1) is 0 Å². The van der Waals surface area contributed by atoms with Gasteiger partial charge in [-0.3, -0.25) is 9.59 Å². The van der Waals surface area contributed by atoms with Gasteiger partial charge in [0.1, 0.15) is 0 Å². The highest BCUT2D eigenvalue weighted by Gasteiger charge is 2.29. The number of carbonyl (C=O) groups is 2. The number of sulfone groups is 1. The second-order valence-electron chi connectivity index (χ2n) is 5.49. The Morgan fingerprint density at radius 1 is 1.29 bits per heavy atom. The van der Waals surface area contributed by atoms with E-state index in [1.54, 1.807) is 18.2 Å². The Bertz CT molecular complexity index is 712. The van der Waals surface area contributed by atoms with E-state index >= 15 is 0 Å². The van der Waals surface area contributed by atoms with Crippen LogP contribution in [0.15, 0.2) is 18.2 Å². The Labute approximate surface area is 122 Å². The highest BCUT2D eigenvalue weighted by Crippen LogP contribution is 2.23. The summed E-state index contributed by atoms with van der Waals surface area (Å²) in [7, 11) is -3.01. The number of aryl methyl sites for hydroxylation is 1. The van der Waals surface area contributed by atoms with Crippen LogP contribution in [0.2, 0.25) is 0 Å². The summed E-state index contributed by atoms with van der Waals surface area (Å²) < 4.78 is 22.8. The van der Waals surface area contributed by atoms with E-state index in [1.165, 1.54) is 0 Å². The van der Waals surface area contributed by atoms with Gasteiger partial charge in [0.15, 0.2) is 9.84 Å². The van der Waals surface area contributed by atoms with Crippen LogP contribution >= 0.6 is 0 Å². The van der Waals surface area contributed by atoms with Gasteiger partial charge in [0.25, 0.3) is 5.91 Å². The van der Waals surface area contributed by atoms with Gasteiger partial charge in [0.05, 0.1) is 11.5 Å². The molecule has 0 aromatic heterocycles. The summed E-state index contributed by atoms with van der Waals surface area (Å²) in [5, 5.41) is 5.52. The van der Waals surface area contributed by atoms with Crippen LogP contribution in [-0.4, -0.2) is 37.8 Å². The number of benzene rings is 1. The van der Waals surface area contributed by atoms with Crippen molar-refractivity contribution in [3.05, 3.63) is 29.3 Å². The molecule has 1 aromatic rings. The monoisotopic (exact) mass is 308 g/mol. The van der Waals surface area contributed by atoms with Crippen LogP contribution in [0.3, 0.4) is 0 Å². The molecule has 1 atom stereocenters. The molecule has 2 aliphatic heterocycles. The third-order valence-corrected chi connectivity index (χ3v) is 5.60. The predicted octanol–water partition coefficient (Wildman–Crippen LogP) is 0.488. The van der Waals surface area contributed by atoms with Gasteiger partial charge in [-0.25, -0.2) is 8.42 Å².